The Bertz CT molecular complexity index is 891. The second kappa shape index (κ2) is 9.18. The molecule has 1 aromatic heterocycles. The Morgan fingerprint density at radius 1 is 1.23 bits per heavy atom. The zero-order valence-corrected chi connectivity index (χ0v) is 19.3. The highest BCUT2D eigenvalue weighted by Gasteiger charge is 2.33. The quantitative estimate of drug-likeness (QED) is 0.567. The minimum atomic E-state index is -0.193. The maximum Gasteiger partial charge on any atom is 0.235 e. The van der Waals surface area contributed by atoms with E-state index in [4.69, 9.17) is 16.3 Å². The maximum absolute atomic E-state index is 13.1. The monoisotopic (exact) mass is 448 g/mol. The number of piperidine rings is 1. The highest BCUT2D eigenvalue weighted by atomic mass is 35.5. The first-order valence-electron chi connectivity index (χ1n) is 10.7. The van der Waals surface area contributed by atoms with Crippen molar-refractivity contribution < 1.29 is 9.53 Å². The SMILES string of the molecule is CC1CC(C)CN(C(=O)C(C)Sc2nnc(COc3ccccc3Cl)n2C2CC2)C1. The number of likely N-dealkylation sites (tertiary alicyclic amines) is 1. The molecule has 1 aliphatic carbocycles. The molecule has 0 bridgehead atoms. The Labute approximate surface area is 187 Å². The van der Waals surface area contributed by atoms with E-state index in [1.54, 1.807) is 6.07 Å². The molecule has 1 aliphatic heterocycles. The van der Waals surface area contributed by atoms with Crippen molar-refractivity contribution in [2.45, 2.75) is 63.1 Å². The summed E-state index contributed by atoms with van der Waals surface area (Å²) in [6, 6.07) is 7.81. The molecule has 0 radical (unpaired) electrons. The van der Waals surface area contributed by atoms with E-state index in [-0.39, 0.29) is 11.2 Å². The molecule has 3 unspecified atom stereocenters. The molecule has 4 rings (SSSR count). The molecular weight excluding hydrogens is 420 g/mol. The number of carbonyl (C=O) groups excluding carboxylic acids is 1. The Morgan fingerprint density at radius 2 is 1.93 bits per heavy atom. The number of halogens is 1. The van der Waals surface area contributed by atoms with Crippen molar-refractivity contribution in [3.05, 3.63) is 35.1 Å². The van der Waals surface area contributed by atoms with Gasteiger partial charge in [-0.15, -0.1) is 10.2 Å². The first kappa shape index (κ1) is 21.5. The molecule has 1 aromatic carbocycles. The number of amides is 1. The highest BCUT2D eigenvalue weighted by Crippen LogP contribution is 2.40. The van der Waals surface area contributed by atoms with Crippen molar-refractivity contribution in [1.82, 2.24) is 19.7 Å². The van der Waals surface area contributed by atoms with E-state index in [1.165, 1.54) is 18.2 Å². The Morgan fingerprint density at radius 3 is 2.60 bits per heavy atom. The molecule has 6 nitrogen and oxygen atoms in total. The summed E-state index contributed by atoms with van der Waals surface area (Å²) in [7, 11) is 0. The van der Waals surface area contributed by atoms with Gasteiger partial charge in [0.15, 0.2) is 11.0 Å². The van der Waals surface area contributed by atoms with Crippen LogP contribution in [0.1, 0.15) is 51.9 Å². The lowest BCUT2D eigenvalue weighted by molar-refractivity contribution is -0.132. The van der Waals surface area contributed by atoms with Gasteiger partial charge in [0.05, 0.1) is 10.3 Å². The molecule has 8 heteroatoms. The predicted octanol–water partition coefficient (Wildman–Crippen LogP) is 4.83. The second-order valence-corrected chi connectivity index (χ2v) is 10.4. The fourth-order valence-corrected chi connectivity index (χ4v) is 5.41. The van der Waals surface area contributed by atoms with Gasteiger partial charge in [-0.1, -0.05) is 49.3 Å². The molecule has 2 heterocycles. The van der Waals surface area contributed by atoms with Gasteiger partial charge in [0.1, 0.15) is 12.4 Å². The van der Waals surface area contributed by atoms with Gasteiger partial charge in [0, 0.05) is 19.1 Å². The standard InChI is InChI=1S/C22H29ClN4O2S/c1-14-10-15(2)12-26(11-14)21(28)16(3)30-22-25-24-20(27(22)17-8-9-17)13-29-19-7-5-4-6-18(19)23/h4-7,14-17H,8-13H2,1-3H3. The first-order valence-corrected chi connectivity index (χ1v) is 11.9. The summed E-state index contributed by atoms with van der Waals surface area (Å²) in [6.07, 6.45) is 3.40. The van der Waals surface area contributed by atoms with Crippen LogP contribution in [0.25, 0.3) is 0 Å². The van der Waals surface area contributed by atoms with E-state index in [1.807, 2.05) is 30.0 Å². The van der Waals surface area contributed by atoms with Crippen molar-refractivity contribution in [1.29, 1.82) is 0 Å². The molecule has 30 heavy (non-hydrogen) atoms. The van der Waals surface area contributed by atoms with E-state index < -0.39 is 0 Å². The van der Waals surface area contributed by atoms with E-state index >= 15 is 0 Å². The summed E-state index contributed by atoms with van der Waals surface area (Å²) in [5.74, 6) is 2.71. The van der Waals surface area contributed by atoms with Gasteiger partial charge >= 0.3 is 0 Å². The van der Waals surface area contributed by atoms with Crippen LogP contribution in [-0.4, -0.2) is 43.9 Å². The van der Waals surface area contributed by atoms with Crippen LogP contribution in [0.5, 0.6) is 5.75 Å². The molecule has 162 valence electrons. The number of para-hydroxylation sites is 1. The molecule has 0 spiro atoms. The minimum absolute atomic E-state index is 0.192. The number of aromatic nitrogens is 3. The van der Waals surface area contributed by atoms with Crippen molar-refractivity contribution in [3.63, 3.8) is 0 Å². The number of nitrogens with zero attached hydrogens (tertiary/aromatic N) is 4. The van der Waals surface area contributed by atoms with Gasteiger partial charge in [-0.25, -0.2) is 0 Å². The molecule has 0 N–H and O–H groups in total. The average Bonchev–Trinajstić information content (AvgIpc) is 3.47. The van der Waals surface area contributed by atoms with Crippen LogP contribution in [0.3, 0.4) is 0 Å². The number of thioether (sulfide) groups is 1. The second-order valence-electron chi connectivity index (χ2n) is 8.67. The van der Waals surface area contributed by atoms with Crippen LogP contribution in [0.2, 0.25) is 5.02 Å². The number of rotatable bonds is 7. The number of ether oxygens (including phenoxy) is 1. The number of hydrogen-bond acceptors (Lipinski definition) is 5. The minimum Gasteiger partial charge on any atom is -0.484 e. The summed E-state index contributed by atoms with van der Waals surface area (Å²) < 4.78 is 8.03. The summed E-state index contributed by atoms with van der Waals surface area (Å²) in [4.78, 5) is 15.1. The normalized spacial score (nSPS) is 22.7. The van der Waals surface area contributed by atoms with Crippen LogP contribution in [-0.2, 0) is 11.4 Å². The third-order valence-corrected chi connectivity index (χ3v) is 7.01. The summed E-state index contributed by atoms with van der Waals surface area (Å²) in [6.45, 7) is 8.42. The molecule has 3 atom stereocenters. The Kier molecular flexibility index (Phi) is 6.58. The fraction of sp³-hybridized carbons (Fsp3) is 0.591. The molecule has 1 amide bonds. The van der Waals surface area contributed by atoms with Gasteiger partial charge in [-0.05, 0) is 50.2 Å². The van der Waals surface area contributed by atoms with Gasteiger partial charge in [0.25, 0.3) is 0 Å². The van der Waals surface area contributed by atoms with Crippen molar-refractivity contribution in [2.75, 3.05) is 13.1 Å². The lowest BCUT2D eigenvalue weighted by Gasteiger charge is -2.36. The largest absolute Gasteiger partial charge is 0.484 e. The van der Waals surface area contributed by atoms with Crippen molar-refractivity contribution in [3.8, 4) is 5.75 Å². The summed E-state index contributed by atoms with van der Waals surface area (Å²) >= 11 is 7.70. The summed E-state index contributed by atoms with van der Waals surface area (Å²) in [5, 5.41) is 9.96. The van der Waals surface area contributed by atoms with E-state index in [2.05, 4.69) is 28.6 Å². The molecule has 1 saturated carbocycles. The maximum atomic E-state index is 13.1. The molecule has 2 aliphatic rings. The average molecular weight is 449 g/mol. The Hall–Kier alpha value is -1.73. The summed E-state index contributed by atoms with van der Waals surface area (Å²) in [5.41, 5.74) is 0. The smallest absolute Gasteiger partial charge is 0.235 e. The zero-order valence-electron chi connectivity index (χ0n) is 17.8. The number of hydrogen-bond donors (Lipinski definition) is 0. The van der Waals surface area contributed by atoms with Crippen molar-refractivity contribution >= 4 is 29.3 Å². The van der Waals surface area contributed by atoms with Gasteiger partial charge < -0.3 is 9.64 Å². The van der Waals surface area contributed by atoms with Crippen LogP contribution in [0, 0.1) is 11.8 Å². The molecular formula is C22H29ClN4O2S. The number of benzene rings is 1. The first-order chi connectivity index (χ1) is 14.4. The van der Waals surface area contributed by atoms with E-state index in [0.29, 0.717) is 35.3 Å². The highest BCUT2D eigenvalue weighted by molar-refractivity contribution is 8.00. The lowest BCUT2D eigenvalue weighted by Crippen LogP contribution is -2.45. The van der Waals surface area contributed by atoms with Crippen molar-refractivity contribution in [2.24, 2.45) is 11.8 Å². The third-order valence-electron chi connectivity index (χ3n) is 5.65. The van der Waals surface area contributed by atoms with E-state index in [9.17, 15) is 4.79 Å². The van der Waals surface area contributed by atoms with Gasteiger partial charge in [-0.3, -0.25) is 9.36 Å². The van der Waals surface area contributed by atoms with Crippen LogP contribution in [0.4, 0.5) is 0 Å². The predicted molar refractivity (Wildman–Crippen MR) is 119 cm³/mol. The third kappa shape index (κ3) is 4.94. The molecule has 2 fully saturated rings. The molecule has 2 aromatic rings. The van der Waals surface area contributed by atoms with Gasteiger partial charge in [0.2, 0.25) is 5.91 Å². The zero-order chi connectivity index (χ0) is 21.3. The topological polar surface area (TPSA) is 60.3 Å². The molecule has 1 saturated heterocycles. The Balaban J connectivity index is 1.44. The van der Waals surface area contributed by atoms with E-state index in [0.717, 1.165) is 36.9 Å². The lowest BCUT2D eigenvalue weighted by atomic mass is 9.92. The van der Waals surface area contributed by atoms with Crippen LogP contribution < -0.4 is 4.74 Å². The number of carbonyl (C=O) groups is 1. The van der Waals surface area contributed by atoms with Crippen LogP contribution in [0.15, 0.2) is 29.4 Å². The fourth-order valence-electron chi connectivity index (χ4n) is 4.20. The van der Waals surface area contributed by atoms with Gasteiger partial charge in [-0.2, -0.15) is 0 Å². The van der Waals surface area contributed by atoms with Crippen LogP contribution >= 0.6 is 23.4 Å².